The summed E-state index contributed by atoms with van der Waals surface area (Å²) in [5.41, 5.74) is 1.95. The Bertz CT molecular complexity index is 585. The van der Waals surface area contributed by atoms with E-state index in [-0.39, 0.29) is 30.7 Å². The van der Waals surface area contributed by atoms with E-state index in [4.69, 9.17) is 0 Å². The number of para-hydroxylation sites is 2. The molecule has 0 fully saturated rings. The number of amides is 1. The minimum atomic E-state index is 0. The van der Waals surface area contributed by atoms with Gasteiger partial charge in [-0.2, -0.15) is 0 Å². The Labute approximate surface area is 137 Å². The van der Waals surface area contributed by atoms with Gasteiger partial charge in [0.2, 0.25) is 5.91 Å². The first kappa shape index (κ1) is 19.7. The summed E-state index contributed by atoms with van der Waals surface area (Å²) >= 11 is 0. The van der Waals surface area contributed by atoms with Gasteiger partial charge >= 0.3 is 0 Å². The second-order valence-corrected chi connectivity index (χ2v) is 4.65. The van der Waals surface area contributed by atoms with Crippen molar-refractivity contribution in [3.8, 4) is 0 Å². The number of nitrogens with zero attached hydrogens (tertiary/aromatic N) is 3. The van der Waals surface area contributed by atoms with Gasteiger partial charge in [-0.3, -0.25) is 4.79 Å². The topological polar surface area (TPSA) is 50.2 Å². The number of carbonyl (C=O) groups is 1. The zero-order chi connectivity index (χ0) is 13.8. The number of imidazole rings is 1. The number of fused-ring (bicyclic) bond motifs is 1. The summed E-state index contributed by atoms with van der Waals surface area (Å²) in [6, 6.07) is 7.89. The Morgan fingerprint density at radius 3 is 2.67 bits per heavy atom. The molecule has 21 heavy (non-hydrogen) atoms. The molecule has 0 unspecified atom stereocenters. The van der Waals surface area contributed by atoms with Crippen molar-refractivity contribution in [2.24, 2.45) is 0 Å². The van der Waals surface area contributed by atoms with Crippen molar-refractivity contribution in [3.63, 3.8) is 0 Å². The second-order valence-electron chi connectivity index (χ2n) is 4.65. The lowest BCUT2D eigenvalue weighted by atomic mass is 10.3. The van der Waals surface area contributed by atoms with Crippen molar-refractivity contribution < 1.29 is 4.79 Å². The zero-order valence-electron chi connectivity index (χ0n) is 12.5. The van der Waals surface area contributed by atoms with Gasteiger partial charge in [-0.1, -0.05) is 12.1 Å². The van der Waals surface area contributed by atoms with Crippen LogP contribution in [0.1, 0.15) is 5.82 Å². The molecule has 0 bridgehead atoms. The maximum atomic E-state index is 12.2. The van der Waals surface area contributed by atoms with Gasteiger partial charge in [-0.05, 0) is 26.1 Å². The van der Waals surface area contributed by atoms with E-state index in [1.54, 1.807) is 4.90 Å². The van der Waals surface area contributed by atoms with E-state index in [0.717, 1.165) is 23.4 Å². The standard InChI is InChI=1S/C14H20N4O.2ClH/c1-11-16-12-6-4-5-7-13(12)18(11)10-14(19)17(3)9-8-15-2;;/h4-7,15H,8-10H2,1-3H3;2*1H. The molecule has 0 aliphatic carbocycles. The molecule has 0 saturated heterocycles. The molecule has 2 rings (SSSR count). The average molecular weight is 333 g/mol. The fourth-order valence-electron chi connectivity index (χ4n) is 2.06. The highest BCUT2D eigenvalue weighted by Gasteiger charge is 2.13. The van der Waals surface area contributed by atoms with Gasteiger partial charge in [0.1, 0.15) is 12.4 Å². The fraction of sp³-hybridized carbons (Fsp3) is 0.429. The van der Waals surface area contributed by atoms with E-state index in [9.17, 15) is 4.79 Å². The quantitative estimate of drug-likeness (QED) is 0.909. The predicted octanol–water partition coefficient (Wildman–Crippen LogP) is 1.87. The monoisotopic (exact) mass is 332 g/mol. The van der Waals surface area contributed by atoms with Gasteiger partial charge in [0.15, 0.2) is 0 Å². The van der Waals surface area contributed by atoms with Gasteiger partial charge in [0.05, 0.1) is 11.0 Å². The van der Waals surface area contributed by atoms with Crippen molar-refractivity contribution in [3.05, 3.63) is 30.1 Å². The third kappa shape index (κ3) is 4.59. The van der Waals surface area contributed by atoms with Gasteiger partial charge < -0.3 is 14.8 Å². The molecule has 0 spiro atoms. The van der Waals surface area contributed by atoms with Crippen LogP contribution in [0, 0.1) is 6.92 Å². The van der Waals surface area contributed by atoms with Gasteiger partial charge in [-0.15, -0.1) is 24.8 Å². The molecule has 1 amide bonds. The Hall–Kier alpha value is -1.30. The van der Waals surface area contributed by atoms with E-state index >= 15 is 0 Å². The Balaban J connectivity index is 0.00000200. The lowest BCUT2D eigenvalue weighted by Crippen LogP contribution is -2.35. The summed E-state index contributed by atoms with van der Waals surface area (Å²) in [5, 5.41) is 3.04. The van der Waals surface area contributed by atoms with Crippen LogP contribution in [0.15, 0.2) is 24.3 Å². The normalized spacial score (nSPS) is 9.86. The lowest BCUT2D eigenvalue weighted by molar-refractivity contribution is -0.130. The Morgan fingerprint density at radius 2 is 2.00 bits per heavy atom. The summed E-state index contributed by atoms with van der Waals surface area (Å²) in [7, 11) is 3.71. The van der Waals surface area contributed by atoms with Crippen LogP contribution in [0.5, 0.6) is 0 Å². The number of halogens is 2. The van der Waals surface area contributed by atoms with Crippen LogP contribution in [-0.2, 0) is 11.3 Å². The van der Waals surface area contributed by atoms with Crippen molar-refractivity contribution in [2.45, 2.75) is 13.5 Å². The first-order chi connectivity index (χ1) is 9.13. The van der Waals surface area contributed by atoms with E-state index in [1.165, 1.54) is 0 Å². The predicted molar refractivity (Wildman–Crippen MR) is 90.5 cm³/mol. The molecule has 1 N–H and O–H groups in total. The number of nitrogens with one attached hydrogen (secondary N) is 1. The summed E-state index contributed by atoms with van der Waals surface area (Å²) in [5.74, 6) is 0.970. The smallest absolute Gasteiger partial charge is 0.242 e. The molecular formula is C14H22Cl2N4O. The van der Waals surface area contributed by atoms with Crippen LogP contribution in [0.3, 0.4) is 0 Å². The Morgan fingerprint density at radius 1 is 1.33 bits per heavy atom. The molecule has 0 aliphatic heterocycles. The fourth-order valence-corrected chi connectivity index (χ4v) is 2.06. The first-order valence-electron chi connectivity index (χ1n) is 6.44. The third-order valence-corrected chi connectivity index (χ3v) is 3.26. The molecule has 0 radical (unpaired) electrons. The molecule has 0 atom stereocenters. The van der Waals surface area contributed by atoms with Crippen LogP contribution < -0.4 is 5.32 Å². The minimum absolute atomic E-state index is 0. The van der Waals surface area contributed by atoms with Crippen LogP contribution in [0.25, 0.3) is 11.0 Å². The number of likely N-dealkylation sites (N-methyl/N-ethyl adjacent to an activating group) is 2. The molecular weight excluding hydrogens is 311 g/mol. The second kappa shape index (κ2) is 8.87. The van der Waals surface area contributed by atoms with Crippen molar-refractivity contribution >= 4 is 41.8 Å². The van der Waals surface area contributed by atoms with Crippen LogP contribution in [0.2, 0.25) is 0 Å². The highest BCUT2D eigenvalue weighted by Crippen LogP contribution is 2.15. The van der Waals surface area contributed by atoms with E-state index in [0.29, 0.717) is 13.1 Å². The van der Waals surface area contributed by atoms with Gasteiger partial charge in [-0.25, -0.2) is 4.98 Å². The molecule has 1 heterocycles. The molecule has 7 heteroatoms. The average Bonchev–Trinajstić information content (AvgIpc) is 2.72. The maximum Gasteiger partial charge on any atom is 0.242 e. The largest absolute Gasteiger partial charge is 0.343 e. The van der Waals surface area contributed by atoms with Gasteiger partial charge in [0.25, 0.3) is 0 Å². The van der Waals surface area contributed by atoms with Crippen molar-refractivity contribution in [2.75, 3.05) is 27.2 Å². The minimum Gasteiger partial charge on any atom is -0.343 e. The molecule has 1 aromatic heterocycles. The molecule has 0 saturated carbocycles. The number of benzene rings is 1. The SMILES string of the molecule is CNCCN(C)C(=O)Cn1c(C)nc2ccccc21.Cl.Cl. The number of aromatic nitrogens is 2. The first-order valence-corrected chi connectivity index (χ1v) is 6.44. The summed E-state index contributed by atoms with van der Waals surface area (Å²) in [4.78, 5) is 18.4. The van der Waals surface area contributed by atoms with E-state index in [2.05, 4.69) is 10.3 Å². The van der Waals surface area contributed by atoms with Gasteiger partial charge in [0, 0.05) is 20.1 Å². The molecule has 1 aromatic carbocycles. The Kier molecular flexibility index (Phi) is 8.32. The highest BCUT2D eigenvalue weighted by atomic mass is 35.5. The van der Waals surface area contributed by atoms with E-state index < -0.39 is 0 Å². The highest BCUT2D eigenvalue weighted by molar-refractivity contribution is 5.85. The summed E-state index contributed by atoms with van der Waals surface area (Å²) in [6.07, 6.45) is 0. The molecule has 2 aromatic rings. The number of hydrogen-bond acceptors (Lipinski definition) is 3. The summed E-state index contributed by atoms with van der Waals surface area (Å²) < 4.78 is 1.97. The maximum absolute atomic E-state index is 12.2. The van der Waals surface area contributed by atoms with E-state index in [1.807, 2.05) is 49.9 Å². The molecule has 118 valence electrons. The number of aryl methyl sites for hydroxylation is 1. The molecule has 0 aliphatic rings. The van der Waals surface area contributed by atoms with Crippen molar-refractivity contribution in [1.29, 1.82) is 0 Å². The van der Waals surface area contributed by atoms with Crippen LogP contribution >= 0.6 is 24.8 Å². The lowest BCUT2D eigenvalue weighted by Gasteiger charge is -2.18. The van der Waals surface area contributed by atoms with Crippen LogP contribution in [-0.4, -0.2) is 47.5 Å². The third-order valence-electron chi connectivity index (χ3n) is 3.26. The number of carbonyl (C=O) groups excluding carboxylic acids is 1. The van der Waals surface area contributed by atoms with Crippen LogP contribution in [0.4, 0.5) is 0 Å². The zero-order valence-corrected chi connectivity index (χ0v) is 14.1. The number of rotatable bonds is 5. The van der Waals surface area contributed by atoms with Crippen molar-refractivity contribution in [1.82, 2.24) is 19.8 Å². The molecule has 5 nitrogen and oxygen atoms in total. The number of hydrogen-bond donors (Lipinski definition) is 1. The summed E-state index contributed by atoms with van der Waals surface area (Å²) in [6.45, 7) is 3.78.